The molecule has 0 saturated carbocycles. The molecule has 0 N–H and O–H groups in total. The first kappa shape index (κ1) is 13.8. The van der Waals surface area contributed by atoms with Crippen LogP contribution in [0.4, 0.5) is 0 Å². The average molecular weight is 332 g/mol. The smallest absolute Gasteiger partial charge is 0.0994 e. The molecule has 0 fully saturated rings. The number of rotatable bonds is 2. The number of thiophene rings is 1. The topological polar surface area (TPSA) is 0 Å². The fraction of sp³-hybridized carbons (Fsp3) is 0.333. The van der Waals surface area contributed by atoms with E-state index in [1.807, 2.05) is 6.07 Å². The fourth-order valence-corrected chi connectivity index (χ4v) is 4.58. The van der Waals surface area contributed by atoms with Crippen LogP contribution in [0.2, 0.25) is 8.67 Å². The van der Waals surface area contributed by atoms with Gasteiger partial charge in [-0.1, -0.05) is 41.4 Å². The van der Waals surface area contributed by atoms with Gasteiger partial charge in [0.1, 0.15) is 0 Å². The van der Waals surface area contributed by atoms with Crippen molar-refractivity contribution < 1.29 is 0 Å². The number of benzene rings is 1. The first-order valence-electron chi connectivity index (χ1n) is 6.35. The molecule has 2 aromatic rings. The van der Waals surface area contributed by atoms with Crippen molar-refractivity contribution in [1.29, 1.82) is 0 Å². The summed E-state index contributed by atoms with van der Waals surface area (Å²) in [4.78, 5) is 0. The van der Waals surface area contributed by atoms with Crippen LogP contribution in [0.5, 0.6) is 0 Å². The van der Waals surface area contributed by atoms with Crippen LogP contribution in [0.15, 0.2) is 24.3 Å². The van der Waals surface area contributed by atoms with Crippen LogP contribution in [-0.4, -0.2) is 0 Å². The summed E-state index contributed by atoms with van der Waals surface area (Å²) in [5, 5.41) is -0.219. The van der Waals surface area contributed by atoms with E-state index in [1.54, 1.807) is 0 Å². The third-order valence-corrected chi connectivity index (χ3v) is 5.63. The summed E-state index contributed by atoms with van der Waals surface area (Å²) in [7, 11) is 0. The van der Waals surface area contributed by atoms with Crippen molar-refractivity contribution in [3.63, 3.8) is 0 Å². The van der Waals surface area contributed by atoms with Crippen LogP contribution < -0.4 is 0 Å². The van der Waals surface area contributed by atoms with E-state index in [9.17, 15) is 0 Å². The maximum absolute atomic E-state index is 6.56. The van der Waals surface area contributed by atoms with Gasteiger partial charge in [0.25, 0.3) is 0 Å². The highest BCUT2D eigenvalue weighted by Crippen LogP contribution is 2.41. The minimum absolute atomic E-state index is 0.219. The van der Waals surface area contributed by atoms with Gasteiger partial charge >= 0.3 is 0 Å². The third kappa shape index (κ3) is 2.80. The molecule has 1 aliphatic rings. The monoisotopic (exact) mass is 330 g/mol. The highest BCUT2D eigenvalue weighted by atomic mass is 35.5. The molecule has 1 atom stereocenters. The molecule has 1 unspecified atom stereocenters. The van der Waals surface area contributed by atoms with E-state index in [0.29, 0.717) is 8.67 Å². The molecule has 4 heteroatoms. The van der Waals surface area contributed by atoms with Gasteiger partial charge in [-0.2, -0.15) is 0 Å². The normalized spacial score (nSPS) is 16.2. The maximum atomic E-state index is 6.56. The first-order chi connectivity index (χ1) is 9.15. The van der Waals surface area contributed by atoms with Crippen LogP contribution in [-0.2, 0) is 12.8 Å². The lowest BCUT2D eigenvalue weighted by Gasteiger charge is -2.18. The predicted molar refractivity (Wildman–Crippen MR) is 85.1 cm³/mol. The molecular formula is C15H13Cl3S. The maximum Gasteiger partial charge on any atom is 0.0994 e. The van der Waals surface area contributed by atoms with E-state index < -0.39 is 0 Å². The van der Waals surface area contributed by atoms with Crippen molar-refractivity contribution in [3.05, 3.63) is 55.2 Å². The predicted octanol–water partition coefficient (Wildman–Crippen LogP) is 6.26. The summed E-state index contributed by atoms with van der Waals surface area (Å²) in [6.45, 7) is 0. The molecule has 0 radical (unpaired) electrons. The van der Waals surface area contributed by atoms with E-state index in [2.05, 4.69) is 18.2 Å². The lowest BCUT2D eigenvalue weighted by Crippen LogP contribution is -2.04. The Morgan fingerprint density at radius 2 is 1.74 bits per heavy atom. The number of halogens is 3. The Bertz CT molecular complexity index is 603. The Hall–Kier alpha value is -0.210. The molecule has 3 rings (SSSR count). The van der Waals surface area contributed by atoms with Crippen molar-refractivity contribution in [1.82, 2.24) is 0 Å². The molecule has 0 saturated heterocycles. The van der Waals surface area contributed by atoms with Gasteiger partial charge in [0.05, 0.1) is 14.0 Å². The number of hydrogen-bond donors (Lipinski definition) is 0. The zero-order chi connectivity index (χ0) is 13.4. The molecule has 0 amide bonds. The van der Waals surface area contributed by atoms with E-state index in [0.717, 1.165) is 17.5 Å². The molecule has 100 valence electrons. The summed E-state index contributed by atoms with van der Waals surface area (Å²) < 4.78 is 1.37. The van der Waals surface area contributed by atoms with Crippen LogP contribution >= 0.6 is 46.1 Å². The lowest BCUT2D eigenvalue weighted by atomic mass is 9.89. The van der Waals surface area contributed by atoms with Crippen LogP contribution in [0, 0.1) is 0 Å². The third-order valence-electron chi connectivity index (χ3n) is 3.62. The molecule has 1 aromatic heterocycles. The van der Waals surface area contributed by atoms with Crippen LogP contribution in [0.3, 0.4) is 0 Å². The second-order valence-corrected chi connectivity index (χ2v) is 7.60. The largest absolute Gasteiger partial charge is 0.113 e. The second kappa shape index (κ2) is 5.65. The summed E-state index contributed by atoms with van der Waals surface area (Å²) in [5.74, 6) is 0. The van der Waals surface area contributed by atoms with Gasteiger partial charge in [-0.25, -0.2) is 0 Å². The van der Waals surface area contributed by atoms with Gasteiger partial charge in [-0.05, 0) is 48.4 Å². The van der Waals surface area contributed by atoms with E-state index in [4.69, 9.17) is 34.8 Å². The Kier molecular flexibility index (Phi) is 4.09. The van der Waals surface area contributed by atoms with Gasteiger partial charge < -0.3 is 0 Å². The van der Waals surface area contributed by atoms with Crippen molar-refractivity contribution >= 4 is 46.1 Å². The highest BCUT2D eigenvalue weighted by molar-refractivity contribution is 7.20. The van der Waals surface area contributed by atoms with Gasteiger partial charge in [-0.3, -0.25) is 0 Å². The van der Waals surface area contributed by atoms with E-state index in [-0.39, 0.29) is 5.38 Å². The summed E-state index contributed by atoms with van der Waals surface area (Å²) in [5.41, 5.74) is 4.92. The Balaban J connectivity index is 1.95. The Morgan fingerprint density at radius 3 is 2.42 bits per heavy atom. The molecule has 0 aliphatic heterocycles. The molecule has 19 heavy (non-hydrogen) atoms. The zero-order valence-corrected chi connectivity index (χ0v) is 13.3. The van der Waals surface area contributed by atoms with Gasteiger partial charge in [0, 0.05) is 5.56 Å². The second-order valence-electron chi connectivity index (χ2n) is 4.88. The summed E-state index contributed by atoms with van der Waals surface area (Å²) >= 11 is 20.1. The van der Waals surface area contributed by atoms with E-state index in [1.165, 1.54) is 41.7 Å². The molecule has 1 aromatic carbocycles. The standard InChI is InChI=1S/C15H13Cl3S/c16-13-8-12(15(18)19-13)14(17)11-6-5-9-3-1-2-4-10(9)7-11/h5-8,14H,1-4H2. The van der Waals surface area contributed by atoms with Gasteiger partial charge in [0.2, 0.25) is 0 Å². The Labute approximate surface area is 132 Å². The van der Waals surface area contributed by atoms with Crippen LogP contribution in [0.1, 0.15) is 40.5 Å². The minimum Gasteiger partial charge on any atom is -0.113 e. The molecule has 0 nitrogen and oxygen atoms in total. The number of fused-ring (bicyclic) bond motifs is 1. The molecule has 1 heterocycles. The van der Waals surface area contributed by atoms with E-state index >= 15 is 0 Å². The van der Waals surface area contributed by atoms with Crippen molar-refractivity contribution in [3.8, 4) is 0 Å². The minimum atomic E-state index is -0.219. The average Bonchev–Trinajstić information content (AvgIpc) is 2.76. The lowest BCUT2D eigenvalue weighted by molar-refractivity contribution is 0.684. The SMILES string of the molecule is Clc1cc(C(Cl)c2ccc3c(c2)CCCC3)c(Cl)s1. The van der Waals surface area contributed by atoms with Crippen molar-refractivity contribution in [2.45, 2.75) is 31.1 Å². The zero-order valence-electron chi connectivity index (χ0n) is 10.3. The number of alkyl halides is 1. The van der Waals surface area contributed by atoms with Crippen molar-refractivity contribution in [2.24, 2.45) is 0 Å². The van der Waals surface area contributed by atoms with Gasteiger partial charge in [-0.15, -0.1) is 22.9 Å². The molecule has 0 bridgehead atoms. The first-order valence-corrected chi connectivity index (χ1v) is 8.36. The highest BCUT2D eigenvalue weighted by Gasteiger charge is 2.19. The fourth-order valence-electron chi connectivity index (χ4n) is 2.62. The van der Waals surface area contributed by atoms with Crippen LogP contribution in [0.25, 0.3) is 0 Å². The molecule has 1 aliphatic carbocycles. The van der Waals surface area contributed by atoms with Gasteiger partial charge in [0.15, 0.2) is 0 Å². The summed E-state index contributed by atoms with van der Waals surface area (Å²) in [6, 6.07) is 8.42. The Morgan fingerprint density at radius 1 is 1.00 bits per heavy atom. The number of hydrogen-bond acceptors (Lipinski definition) is 1. The molecule has 0 spiro atoms. The van der Waals surface area contributed by atoms with Crippen molar-refractivity contribution in [2.75, 3.05) is 0 Å². The summed E-state index contributed by atoms with van der Waals surface area (Å²) in [6.07, 6.45) is 4.91. The molecular weight excluding hydrogens is 319 g/mol. The quantitative estimate of drug-likeness (QED) is 0.569. The number of aryl methyl sites for hydroxylation is 2.